The van der Waals surface area contributed by atoms with Gasteiger partial charge < -0.3 is 20.1 Å². The Morgan fingerprint density at radius 1 is 0.949 bits per heavy atom. The van der Waals surface area contributed by atoms with Crippen molar-refractivity contribution in [1.29, 1.82) is 0 Å². The minimum Gasteiger partial charge on any atom is -0.497 e. The first-order valence-corrected chi connectivity index (χ1v) is 13.6. The lowest BCUT2D eigenvalue weighted by Crippen LogP contribution is -2.29. The largest absolute Gasteiger partial charge is 0.497 e. The van der Waals surface area contributed by atoms with Crippen molar-refractivity contribution in [2.75, 3.05) is 24.8 Å². The van der Waals surface area contributed by atoms with Gasteiger partial charge in [0.1, 0.15) is 11.5 Å². The van der Waals surface area contributed by atoms with Crippen LogP contribution in [0.5, 0.6) is 11.5 Å². The second-order valence-corrected chi connectivity index (χ2v) is 10.1. The molecular formula is C26H22Cl3N5O4S. The molecule has 2 N–H and O–H groups in total. The molecule has 1 aromatic heterocycles. The lowest BCUT2D eigenvalue weighted by atomic mass is 10.3. The van der Waals surface area contributed by atoms with Gasteiger partial charge in [0, 0.05) is 15.7 Å². The summed E-state index contributed by atoms with van der Waals surface area (Å²) in [4.78, 5) is 25.0. The molecule has 4 aromatic rings. The van der Waals surface area contributed by atoms with E-state index < -0.39 is 5.91 Å². The number of halogens is 3. The van der Waals surface area contributed by atoms with Crippen molar-refractivity contribution in [2.24, 2.45) is 0 Å². The van der Waals surface area contributed by atoms with E-state index in [-0.39, 0.29) is 24.8 Å². The molecule has 1 heterocycles. The Kier molecular flexibility index (Phi) is 9.94. The van der Waals surface area contributed by atoms with Gasteiger partial charge in [0.2, 0.25) is 5.91 Å². The molecule has 0 fully saturated rings. The molecule has 0 saturated carbocycles. The maximum atomic E-state index is 12.6. The lowest BCUT2D eigenvalue weighted by Gasteiger charge is -2.12. The number of benzene rings is 3. The number of amides is 2. The highest BCUT2D eigenvalue weighted by atomic mass is 35.5. The van der Waals surface area contributed by atoms with Crippen LogP contribution in [0.1, 0.15) is 5.82 Å². The molecule has 0 atom stereocenters. The summed E-state index contributed by atoms with van der Waals surface area (Å²) in [6, 6.07) is 18.8. The molecule has 3 aromatic carbocycles. The lowest BCUT2D eigenvalue weighted by molar-refractivity contribution is -0.123. The van der Waals surface area contributed by atoms with Crippen molar-refractivity contribution >= 4 is 64.1 Å². The number of carbonyl (C=O) groups excluding carboxylic acids is 2. The Balaban J connectivity index is 1.41. The molecule has 4 rings (SSSR count). The van der Waals surface area contributed by atoms with E-state index >= 15 is 0 Å². The molecule has 0 bridgehead atoms. The first-order valence-electron chi connectivity index (χ1n) is 11.4. The Hall–Kier alpha value is -3.44. The van der Waals surface area contributed by atoms with Gasteiger partial charge in [0.05, 0.1) is 30.1 Å². The van der Waals surface area contributed by atoms with E-state index in [0.717, 1.165) is 0 Å². The summed E-state index contributed by atoms with van der Waals surface area (Å²) in [6.45, 7) is -0.214. The monoisotopic (exact) mass is 605 g/mol. The molecule has 2 amide bonds. The van der Waals surface area contributed by atoms with Crippen LogP contribution in [-0.4, -0.2) is 46.0 Å². The van der Waals surface area contributed by atoms with E-state index in [0.29, 0.717) is 48.9 Å². The van der Waals surface area contributed by atoms with Crippen LogP contribution in [0.2, 0.25) is 15.1 Å². The second-order valence-electron chi connectivity index (χ2n) is 7.92. The van der Waals surface area contributed by atoms with Crippen molar-refractivity contribution in [2.45, 2.75) is 11.7 Å². The Morgan fingerprint density at radius 2 is 1.72 bits per heavy atom. The molecule has 13 heteroatoms. The maximum absolute atomic E-state index is 12.6. The Morgan fingerprint density at radius 3 is 2.44 bits per heavy atom. The highest BCUT2D eigenvalue weighted by molar-refractivity contribution is 7.99. The van der Waals surface area contributed by atoms with Gasteiger partial charge in [-0.15, -0.1) is 10.2 Å². The van der Waals surface area contributed by atoms with Gasteiger partial charge in [-0.05, 0) is 60.7 Å². The van der Waals surface area contributed by atoms with E-state index in [9.17, 15) is 9.59 Å². The van der Waals surface area contributed by atoms with Gasteiger partial charge >= 0.3 is 0 Å². The predicted molar refractivity (Wildman–Crippen MR) is 153 cm³/mol. The fourth-order valence-electron chi connectivity index (χ4n) is 3.35. The minimum absolute atomic E-state index is 0.0503. The highest BCUT2D eigenvalue weighted by Crippen LogP contribution is 2.28. The minimum atomic E-state index is -0.394. The molecule has 0 aliphatic heterocycles. The number of carbonyl (C=O) groups is 2. The molecule has 0 aliphatic carbocycles. The number of anilines is 1. The van der Waals surface area contributed by atoms with Crippen molar-refractivity contribution in [1.82, 2.24) is 20.1 Å². The summed E-state index contributed by atoms with van der Waals surface area (Å²) in [5, 5.41) is 15.8. The third kappa shape index (κ3) is 8.03. The van der Waals surface area contributed by atoms with Crippen molar-refractivity contribution in [3.63, 3.8) is 0 Å². The number of hydrogen-bond donors (Lipinski definition) is 2. The molecule has 0 aliphatic rings. The average Bonchev–Trinajstić information content (AvgIpc) is 3.33. The van der Waals surface area contributed by atoms with Gasteiger partial charge in [-0.1, -0.05) is 52.6 Å². The molecule has 0 spiro atoms. The predicted octanol–water partition coefficient (Wildman–Crippen LogP) is 5.66. The molecule has 0 radical (unpaired) electrons. The van der Waals surface area contributed by atoms with Crippen LogP contribution in [-0.2, 0) is 16.1 Å². The van der Waals surface area contributed by atoms with Gasteiger partial charge in [0.25, 0.3) is 5.91 Å². The van der Waals surface area contributed by atoms with E-state index in [2.05, 4.69) is 20.8 Å². The molecular weight excluding hydrogens is 585 g/mol. The van der Waals surface area contributed by atoms with E-state index in [1.54, 1.807) is 66.3 Å². The number of thioether (sulfide) groups is 1. The van der Waals surface area contributed by atoms with Crippen molar-refractivity contribution in [3.8, 4) is 17.2 Å². The standard InChI is InChI=1S/C26H22Cl3N5O4S/c1-37-20-8-6-18(7-9-20)31-25(36)15-39-26-33-32-23(34(26)19-4-2-3-16(27)11-19)13-30-24(35)14-38-22-10-5-17(28)12-21(22)29/h2-12H,13-15H2,1H3,(H,30,35)(H,31,36). The first-order chi connectivity index (χ1) is 18.8. The van der Waals surface area contributed by atoms with Crippen LogP contribution >= 0.6 is 46.6 Å². The zero-order valence-corrected chi connectivity index (χ0v) is 23.6. The maximum Gasteiger partial charge on any atom is 0.258 e. The van der Waals surface area contributed by atoms with E-state index in [1.807, 2.05) is 6.07 Å². The summed E-state index contributed by atoms with van der Waals surface area (Å²) in [7, 11) is 1.57. The van der Waals surface area contributed by atoms with Gasteiger partial charge in [-0.25, -0.2) is 0 Å². The van der Waals surface area contributed by atoms with Crippen molar-refractivity contribution in [3.05, 3.63) is 87.6 Å². The van der Waals surface area contributed by atoms with Gasteiger partial charge in [-0.3, -0.25) is 14.2 Å². The summed E-state index contributed by atoms with van der Waals surface area (Å²) in [6.07, 6.45) is 0. The van der Waals surface area contributed by atoms with Crippen LogP contribution in [0.3, 0.4) is 0 Å². The third-order valence-electron chi connectivity index (χ3n) is 5.17. The van der Waals surface area contributed by atoms with Crippen LogP contribution in [0.4, 0.5) is 5.69 Å². The number of methoxy groups -OCH3 is 1. The molecule has 202 valence electrons. The summed E-state index contributed by atoms with van der Waals surface area (Å²) in [5.41, 5.74) is 1.32. The van der Waals surface area contributed by atoms with Gasteiger partial charge in [-0.2, -0.15) is 0 Å². The number of rotatable bonds is 11. The molecule has 9 nitrogen and oxygen atoms in total. The molecule has 39 heavy (non-hydrogen) atoms. The zero-order valence-electron chi connectivity index (χ0n) is 20.5. The third-order valence-corrected chi connectivity index (χ3v) is 6.86. The SMILES string of the molecule is COc1ccc(NC(=O)CSc2nnc(CNC(=O)COc3ccc(Cl)cc3Cl)n2-c2cccc(Cl)c2)cc1. The summed E-state index contributed by atoms with van der Waals surface area (Å²) < 4.78 is 12.4. The number of hydrogen-bond acceptors (Lipinski definition) is 7. The van der Waals surface area contributed by atoms with Crippen LogP contribution in [0.25, 0.3) is 5.69 Å². The van der Waals surface area contributed by atoms with Crippen LogP contribution in [0.15, 0.2) is 71.9 Å². The number of aromatic nitrogens is 3. The number of ether oxygens (including phenoxy) is 2. The fraction of sp³-hybridized carbons (Fsp3) is 0.154. The summed E-state index contributed by atoms with van der Waals surface area (Å²) >= 11 is 19.4. The number of nitrogens with one attached hydrogen (secondary N) is 2. The van der Waals surface area contributed by atoms with E-state index in [4.69, 9.17) is 44.3 Å². The number of nitrogens with zero attached hydrogens (tertiary/aromatic N) is 3. The molecule has 0 unspecified atom stereocenters. The fourth-order valence-corrected chi connectivity index (χ4v) is 4.77. The average molecular weight is 607 g/mol. The quantitative estimate of drug-likeness (QED) is 0.212. The highest BCUT2D eigenvalue weighted by Gasteiger charge is 2.17. The smallest absolute Gasteiger partial charge is 0.258 e. The first kappa shape index (κ1) is 28.6. The van der Waals surface area contributed by atoms with E-state index in [1.165, 1.54) is 17.8 Å². The molecule has 0 saturated heterocycles. The Labute approximate surface area is 243 Å². The van der Waals surface area contributed by atoms with Crippen LogP contribution < -0.4 is 20.1 Å². The normalized spacial score (nSPS) is 10.7. The zero-order chi connectivity index (χ0) is 27.8. The van der Waals surface area contributed by atoms with Gasteiger partial charge in [0.15, 0.2) is 17.6 Å². The Bertz CT molecular complexity index is 1470. The summed E-state index contributed by atoms with van der Waals surface area (Å²) in [5.74, 6) is 0.927. The second kappa shape index (κ2) is 13.6. The van der Waals surface area contributed by atoms with Crippen LogP contribution in [0, 0.1) is 0 Å². The topological polar surface area (TPSA) is 107 Å². The van der Waals surface area contributed by atoms with Crippen molar-refractivity contribution < 1.29 is 19.1 Å².